The van der Waals surface area contributed by atoms with Crippen molar-refractivity contribution in [3.63, 3.8) is 0 Å². The molecule has 0 radical (unpaired) electrons. The first-order valence-electron chi connectivity index (χ1n) is 6.86. The number of nitrogens with zero attached hydrogens (tertiary/aromatic N) is 3. The Bertz CT molecular complexity index is 956. The van der Waals surface area contributed by atoms with Gasteiger partial charge in [0.2, 0.25) is 5.78 Å². The van der Waals surface area contributed by atoms with Crippen molar-refractivity contribution in [3.05, 3.63) is 74.8 Å². The lowest BCUT2D eigenvalue weighted by atomic mass is 10.1. The Morgan fingerprint density at radius 1 is 1.17 bits per heavy atom. The second-order valence-corrected chi connectivity index (χ2v) is 6.30. The summed E-state index contributed by atoms with van der Waals surface area (Å²) in [6, 6.07) is 15.6. The molecule has 1 heterocycles. The predicted octanol–water partition coefficient (Wildman–Crippen LogP) is 3.97. The highest BCUT2D eigenvalue weighted by molar-refractivity contribution is 9.10. The lowest BCUT2D eigenvalue weighted by Gasteiger charge is -2.03. The SMILES string of the molecule is N#Cc1c(C(=O)c2ccc(Br)cc2)nn(-c2ccc(Cl)cc2)c1N. The molecule has 5 nitrogen and oxygen atoms in total. The number of nitriles is 1. The standard InChI is InChI=1S/C17H10BrClN4O/c18-11-3-1-10(2-4-11)16(24)15-14(9-20)17(21)23(22-15)13-7-5-12(19)6-8-13/h1-8H,21H2. The number of nitrogen functional groups attached to an aromatic ring is 1. The van der Waals surface area contributed by atoms with Gasteiger partial charge in [0.25, 0.3) is 0 Å². The Balaban J connectivity index is 2.10. The highest BCUT2D eigenvalue weighted by atomic mass is 79.9. The molecule has 0 bridgehead atoms. The fraction of sp³-hybridized carbons (Fsp3) is 0. The summed E-state index contributed by atoms with van der Waals surface area (Å²) in [6.07, 6.45) is 0. The van der Waals surface area contributed by atoms with Crippen LogP contribution in [0.1, 0.15) is 21.6 Å². The number of carbonyl (C=O) groups excluding carboxylic acids is 1. The summed E-state index contributed by atoms with van der Waals surface area (Å²) in [5.74, 6) is -0.251. The van der Waals surface area contributed by atoms with Crippen molar-refractivity contribution in [2.45, 2.75) is 0 Å². The van der Waals surface area contributed by atoms with E-state index in [1.165, 1.54) is 4.68 Å². The van der Waals surface area contributed by atoms with Crippen molar-refractivity contribution in [1.29, 1.82) is 5.26 Å². The molecular weight excluding hydrogens is 392 g/mol. The third-order valence-corrected chi connectivity index (χ3v) is 4.21. The van der Waals surface area contributed by atoms with Crippen molar-refractivity contribution in [3.8, 4) is 11.8 Å². The van der Waals surface area contributed by atoms with Gasteiger partial charge in [-0.25, -0.2) is 4.68 Å². The molecule has 0 aliphatic heterocycles. The minimum atomic E-state index is -0.363. The van der Waals surface area contributed by atoms with E-state index in [1.807, 2.05) is 6.07 Å². The van der Waals surface area contributed by atoms with Crippen LogP contribution in [0.15, 0.2) is 53.0 Å². The van der Waals surface area contributed by atoms with Crippen LogP contribution in [0.5, 0.6) is 0 Å². The Morgan fingerprint density at radius 3 is 2.38 bits per heavy atom. The average molecular weight is 402 g/mol. The van der Waals surface area contributed by atoms with Crippen LogP contribution in [0.4, 0.5) is 5.82 Å². The largest absolute Gasteiger partial charge is 0.382 e. The summed E-state index contributed by atoms with van der Waals surface area (Å²) in [6.45, 7) is 0. The zero-order chi connectivity index (χ0) is 17.3. The van der Waals surface area contributed by atoms with E-state index in [4.69, 9.17) is 17.3 Å². The van der Waals surface area contributed by atoms with E-state index >= 15 is 0 Å². The summed E-state index contributed by atoms with van der Waals surface area (Å²) in [5, 5.41) is 14.2. The van der Waals surface area contributed by atoms with E-state index in [-0.39, 0.29) is 22.9 Å². The summed E-state index contributed by atoms with van der Waals surface area (Å²) < 4.78 is 2.21. The molecule has 0 fully saturated rings. The number of ketones is 1. The van der Waals surface area contributed by atoms with Gasteiger partial charge in [-0.1, -0.05) is 27.5 Å². The highest BCUT2D eigenvalue weighted by Gasteiger charge is 2.23. The summed E-state index contributed by atoms with van der Waals surface area (Å²) in [5.41, 5.74) is 7.12. The zero-order valence-corrected chi connectivity index (χ0v) is 14.5. The molecule has 0 amide bonds. The smallest absolute Gasteiger partial charge is 0.214 e. The molecule has 0 saturated carbocycles. The molecule has 0 spiro atoms. The first kappa shape index (κ1) is 16.2. The van der Waals surface area contributed by atoms with E-state index in [0.29, 0.717) is 16.3 Å². The second kappa shape index (κ2) is 6.48. The lowest BCUT2D eigenvalue weighted by molar-refractivity contribution is 0.103. The number of nitrogens with two attached hydrogens (primary N) is 1. The van der Waals surface area contributed by atoms with Crippen molar-refractivity contribution in [2.24, 2.45) is 0 Å². The van der Waals surface area contributed by atoms with Gasteiger partial charge in [-0.15, -0.1) is 0 Å². The van der Waals surface area contributed by atoms with E-state index in [2.05, 4.69) is 21.0 Å². The van der Waals surface area contributed by atoms with Gasteiger partial charge in [-0.05, 0) is 48.5 Å². The van der Waals surface area contributed by atoms with Gasteiger partial charge in [0, 0.05) is 15.1 Å². The van der Waals surface area contributed by atoms with Gasteiger partial charge in [-0.3, -0.25) is 4.79 Å². The Labute approximate surface area is 151 Å². The number of hydrogen-bond acceptors (Lipinski definition) is 4. The normalized spacial score (nSPS) is 10.4. The third kappa shape index (κ3) is 2.92. The van der Waals surface area contributed by atoms with E-state index in [0.717, 1.165) is 4.47 Å². The van der Waals surface area contributed by atoms with Crippen LogP contribution in [-0.2, 0) is 0 Å². The van der Waals surface area contributed by atoms with Gasteiger partial charge in [0.05, 0.1) is 5.69 Å². The Kier molecular flexibility index (Phi) is 4.38. The van der Waals surface area contributed by atoms with E-state index in [9.17, 15) is 10.1 Å². The molecule has 3 rings (SSSR count). The number of rotatable bonds is 3. The number of aromatic nitrogens is 2. The number of carbonyl (C=O) groups is 1. The summed E-state index contributed by atoms with van der Waals surface area (Å²) in [4.78, 5) is 12.7. The monoisotopic (exact) mass is 400 g/mol. The minimum Gasteiger partial charge on any atom is -0.382 e. The maximum Gasteiger partial charge on any atom is 0.214 e. The van der Waals surface area contributed by atoms with Gasteiger partial charge >= 0.3 is 0 Å². The first-order chi connectivity index (χ1) is 11.5. The average Bonchev–Trinajstić information content (AvgIpc) is 2.92. The van der Waals surface area contributed by atoms with Gasteiger partial charge < -0.3 is 5.73 Å². The number of anilines is 1. The zero-order valence-electron chi connectivity index (χ0n) is 12.2. The van der Waals surface area contributed by atoms with Crippen LogP contribution in [0.25, 0.3) is 5.69 Å². The molecule has 3 aromatic rings. The molecule has 7 heteroatoms. The molecule has 0 aliphatic rings. The summed E-state index contributed by atoms with van der Waals surface area (Å²) >= 11 is 9.19. The van der Waals surface area contributed by atoms with Crippen molar-refractivity contribution in [2.75, 3.05) is 5.73 Å². The van der Waals surface area contributed by atoms with Crippen LogP contribution in [0, 0.1) is 11.3 Å². The van der Waals surface area contributed by atoms with Crippen LogP contribution in [-0.4, -0.2) is 15.6 Å². The maximum absolute atomic E-state index is 12.7. The fourth-order valence-electron chi connectivity index (χ4n) is 2.22. The van der Waals surface area contributed by atoms with Gasteiger partial charge in [0.15, 0.2) is 5.69 Å². The number of halogens is 2. The maximum atomic E-state index is 12.7. The molecule has 0 unspecified atom stereocenters. The Hall–Kier alpha value is -2.62. The molecule has 0 atom stereocenters. The van der Waals surface area contributed by atoms with Crippen LogP contribution in [0.2, 0.25) is 5.02 Å². The first-order valence-corrected chi connectivity index (χ1v) is 8.03. The van der Waals surface area contributed by atoms with Gasteiger partial charge in [0.1, 0.15) is 17.5 Å². The number of benzene rings is 2. The Morgan fingerprint density at radius 2 is 1.79 bits per heavy atom. The van der Waals surface area contributed by atoms with Crippen LogP contribution >= 0.6 is 27.5 Å². The molecule has 2 N–H and O–H groups in total. The molecular formula is C17H10BrClN4O. The molecule has 1 aromatic heterocycles. The predicted molar refractivity (Wildman–Crippen MR) is 95.3 cm³/mol. The van der Waals surface area contributed by atoms with Crippen LogP contribution in [0.3, 0.4) is 0 Å². The summed E-state index contributed by atoms with van der Waals surface area (Å²) in [7, 11) is 0. The van der Waals surface area contributed by atoms with Crippen molar-refractivity contribution >= 4 is 39.1 Å². The second-order valence-electron chi connectivity index (χ2n) is 4.94. The fourth-order valence-corrected chi connectivity index (χ4v) is 2.61. The topological polar surface area (TPSA) is 84.7 Å². The van der Waals surface area contributed by atoms with E-state index in [1.54, 1.807) is 48.5 Å². The number of hydrogen-bond donors (Lipinski definition) is 1. The quantitative estimate of drug-likeness (QED) is 0.673. The molecule has 0 saturated heterocycles. The minimum absolute atomic E-state index is 0.0206. The van der Waals surface area contributed by atoms with Crippen molar-refractivity contribution in [1.82, 2.24) is 9.78 Å². The molecule has 118 valence electrons. The van der Waals surface area contributed by atoms with Crippen LogP contribution < -0.4 is 5.73 Å². The third-order valence-electron chi connectivity index (χ3n) is 3.43. The van der Waals surface area contributed by atoms with E-state index < -0.39 is 0 Å². The van der Waals surface area contributed by atoms with Crippen molar-refractivity contribution < 1.29 is 4.79 Å². The molecule has 24 heavy (non-hydrogen) atoms. The molecule has 0 aliphatic carbocycles. The van der Waals surface area contributed by atoms with Gasteiger partial charge in [-0.2, -0.15) is 10.4 Å². The molecule has 2 aromatic carbocycles. The highest BCUT2D eigenvalue weighted by Crippen LogP contribution is 2.24. The lowest BCUT2D eigenvalue weighted by Crippen LogP contribution is -2.05.